The number of H-pyrrole nitrogens is 1. The average molecular weight is 1730 g/mol. The minimum atomic E-state index is -1.04. The van der Waals surface area contributed by atoms with Crippen molar-refractivity contribution in [1.82, 2.24) is 48.7 Å². The van der Waals surface area contributed by atoms with Crippen LogP contribution in [0.3, 0.4) is 0 Å². The lowest BCUT2D eigenvalue weighted by atomic mass is 9.84. The summed E-state index contributed by atoms with van der Waals surface area (Å²) >= 11 is 17.6. The quantitative estimate of drug-likeness (QED) is 0.0587. The maximum Gasteiger partial charge on any atom is 0.454 e. The van der Waals surface area contributed by atoms with Gasteiger partial charge in [0.25, 0.3) is 22.2 Å². The van der Waals surface area contributed by atoms with Crippen LogP contribution in [0, 0.1) is 6.57 Å². The number of amides is 3. The van der Waals surface area contributed by atoms with Crippen molar-refractivity contribution in [2.24, 2.45) is 0 Å². The number of carbonyl (C=O) groups excluding carboxylic acids is 3. The third-order valence-electron chi connectivity index (χ3n) is 20.1. The highest BCUT2D eigenvalue weighted by Crippen LogP contribution is 2.42. The first-order chi connectivity index (χ1) is 54.1. The molecule has 7 aliphatic rings. The number of aromatic nitrogens is 6. The Kier molecular flexibility index (Phi) is 30.4. The Hall–Kier alpha value is -8.46. The maximum atomic E-state index is 13.1. The van der Waals surface area contributed by atoms with Crippen molar-refractivity contribution >= 4 is 129 Å². The van der Waals surface area contributed by atoms with Gasteiger partial charge in [0.05, 0.1) is 18.2 Å². The van der Waals surface area contributed by atoms with Gasteiger partial charge < -0.3 is 72.9 Å². The zero-order valence-electron chi connectivity index (χ0n) is 66.3. The number of fused-ring (bicyclic) bond motifs is 4. The number of halogens is 4. The molecule has 0 bridgehead atoms. The molecular formula is C85H104BBr2Cl2N11O13. The van der Waals surface area contributed by atoms with Crippen LogP contribution in [0.25, 0.3) is 47.9 Å². The first kappa shape index (κ1) is 87.9. The molecule has 0 spiro atoms. The number of ether oxygens (including phenoxy) is 3. The van der Waals surface area contributed by atoms with E-state index < -0.39 is 30.0 Å². The van der Waals surface area contributed by atoms with E-state index in [1.54, 1.807) is 36.1 Å². The van der Waals surface area contributed by atoms with Gasteiger partial charge >= 0.3 is 31.2 Å². The van der Waals surface area contributed by atoms with Crippen molar-refractivity contribution in [2.45, 2.75) is 211 Å². The number of aromatic amines is 1. The van der Waals surface area contributed by atoms with E-state index in [4.69, 9.17) is 54.0 Å². The van der Waals surface area contributed by atoms with Crippen molar-refractivity contribution in [3.05, 3.63) is 211 Å². The van der Waals surface area contributed by atoms with E-state index >= 15 is 0 Å². The van der Waals surface area contributed by atoms with Gasteiger partial charge in [-0.05, 0) is 269 Å². The lowest BCUT2D eigenvalue weighted by Gasteiger charge is -2.34. The summed E-state index contributed by atoms with van der Waals surface area (Å²) in [7, 11) is -1.04. The van der Waals surface area contributed by atoms with E-state index in [9.17, 15) is 38.7 Å². The van der Waals surface area contributed by atoms with Gasteiger partial charge in [0.15, 0.2) is 16.5 Å². The number of pyridine rings is 4. The van der Waals surface area contributed by atoms with Crippen molar-refractivity contribution in [3.63, 3.8) is 0 Å². The van der Waals surface area contributed by atoms with Gasteiger partial charge in [0.1, 0.15) is 16.8 Å². The molecule has 4 aliphatic heterocycles. The molecule has 3 aliphatic carbocycles. The third kappa shape index (κ3) is 25.8. The van der Waals surface area contributed by atoms with E-state index in [0.717, 1.165) is 130 Å². The third-order valence-corrected chi connectivity index (χ3v) is 21.5. The van der Waals surface area contributed by atoms with Crippen LogP contribution in [0.1, 0.15) is 193 Å². The first-order valence-corrected chi connectivity index (χ1v) is 41.5. The highest BCUT2D eigenvalue weighted by atomic mass is 79.9. The number of likely N-dealkylation sites (tertiary alicyclic amines) is 3. The molecule has 114 heavy (non-hydrogen) atoms. The van der Waals surface area contributed by atoms with Crippen molar-refractivity contribution in [1.29, 1.82) is 0 Å². The Morgan fingerprint density at radius 2 is 0.947 bits per heavy atom. The van der Waals surface area contributed by atoms with Crippen molar-refractivity contribution in [2.75, 3.05) is 52.4 Å². The molecule has 9 heterocycles. The number of aliphatic hydroxyl groups is 1. The van der Waals surface area contributed by atoms with Gasteiger partial charge in [-0.15, -0.1) is 4.98 Å². The molecule has 5 aromatic heterocycles. The van der Waals surface area contributed by atoms with E-state index in [2.05, 4.69) is 87.3 Å². The van der Waals surface area contributed by atoms with Crippen LogP contribution in [-0.2, 0) is 14.2 Å². The molecule has 3 saturated carbocycles. The van der Waals surface area contributed by atoms with E-state index in [1.807, 2.05) is 146 Å². The Morgan fingerprint density at radius 3 is 1.34 bits per heavy atom. The number of rotatable bonds is 6. The summed E-state index contributed by atoms with van der Waals surface area (Å²) in [4.78, 5) is 104. The summed E-state index contributed by atoms with van der Waals surface area (Å²) in [6, 6.07) is 32.1. The molecule has 0 radical (unpaired) electrons. The van der Waals surface area contributed by atoms with E-state index in [1.165, 1.54) is 43.0 Å². The molecule has 29 heteroatoms. The zero-order chi connectivity index (χ0) is 82.3. The van der Waals surface area contributed by atoms with Crippen LogP contribution in [0.15, 0.2) is 156 Å². The van der Waals surface area contributed by atoms with E-state index in [-0.39, 0.29) is 74.5 Å². The number of carbonyl (C=O) groups is 3. The average Bonchev–Trinajstić information content (AvgIpc) is 1.91. The molecule has 4 saturated heterocycles. The second-order valence-corrected chi connectivity index (χ2v) is 35.5. The Morgan fingerprint density at radius 1 is 0.535 bits per heavy atom. The normalized spacial score (nSPS) is 18.9. The largest absolute Gasteiger partial charge is 0.454 e. The molecule has 7 fully saturated rings. The van der Waals surface area contributed by atoms with Crippen LogP contribution < -0.4 is 27.6 Å². The Balaban J connectivity index is 0.000000147. The second kappa shape index (κ2) is 39.5. The molecule has 9 aromatic rings. The van der Waals surface area contributed by atoms with Crippen LogP contribution in [0.4, 0.5) is 20.2 Å². The summed E-state index contributed by atoms with van der Waals surface area (Å²) in [5, 5.41) is 36.5. The fourth-order valence-electron chi connectivity index (χ4n) is 13.8. The van der Waals surface area contributed by atoms with Gasteiger partial charge in [-0.2, -0.15) is 0 Å². The molecule has 24 nitrogen and oxygen atoms in total. The Labute approximate surface area is 691 Å². The minimum absolute atomic E-state index is 0.00808. The number of aliphatic hydroxyl groups excluding tert-OH is 1. The summed E-state index contributed by atoms with van der Waals surface area (Å²) in [6.45, 7) is 28.7. The van der Waals surface area contributed by atoms with Crippen LogP contribution >= 0.6 is 55.1 Å². The predicted octanol–water partition coefficient (Wildman–Crippen LogP) is 17.2. The predicted molar refractivity (Wildman–Crippen MR) is 456 cm³/mol. The highest BCUT2D eigenvalue weighted by Gasteiger charge is 2.35. The number of β-amino-alcohol motifs (C(OH)–C–C–N with tert-alkyl or cyclic N) is 1. The smallest absolute Gasteiger partial charge is 0.444 e. The maximum absolute atomic E-state index is 13.1. The lowest BCUT2D eigenvalue weighted by Crippen LogP contribution is -2.44. The fourth-order valence-corrected chi connectivity index (χ4v) is 15.0. The first-order valence-electron chi connectivity index (χ1n) is 39.2. The van der Waals surface area contributed by atoms with Crippen LogP contribution in [-0.4, -0.2) is 159 Å². The van der Waals surface area contributed by atoms with Gasteiger partial charge in [0.2, 0.25) is 0 Å². The van der Waals surface area contributed by atoms with E-state index in [0.29, 0.717) is 56.6 Å². The number of hydrogen-bond acceptors (Lipinski definition) is 16. The fraction of sp³-hybridized carbons (Fsp3) is 0.482. The van der Waals surface area contributed by atoms with Crippen LogP contribution in [0.2, 0.25) is 16.1 Å². The number of nitrogens with one attached hydrogen (secondary N) is 2. The molecular weight excluding hydrogens is 1620 g/mol. The number of hydrogen-bond donors (Lipinski definition) is 5. The standard InChI is InChI=1S/C22H28N2O3.C19H23BrN2O3.C17H20N2O.C10H19NO3.C9H6BrNO.C5HCl2N3.C3H7BO2/c1-22(2,3)27-21(26)23-11-4-5-18(14-23)24-12-10-17-13-16(15-6-7-15)8-9-19(17)20(24)25;1-19(2,3)25-18(24)21-9-4-5-15(12-21)22-10-8-13-11-14(20)6-7-16(13)17(22)23;20-17-16-6-5-13(12-3-4-12)10-14(16)7-9-19(17)15-2-1-8-18-11-15;1-10(2,3)14-9(13)11-6-4-5-8(12)7-11;10-7-1-2-8-6(5-7)3-4-11-9(8)12;1-8-5-4(7)10-3(6)2-9-5;5-4(6)3-1-2-3/h8-10,12-13,15,18H,4-7,11,14H2,1-3H3;6-8,10-11,15H,4-5,9,12H2,1-3H3;5-7,9-10,12,15,18H,1-4,8,11H2;8,12H,4-7H2,1-3H3;1-5H,(H,11,12);2H;3,5-6H,1-2H2/t18-;2*15-;8-;;;/m1110.../s1. The second-order valence-electron chi connectivity index (χ2n) is 32.9. The number of nitrogens with zero attached hydrogens (tertiary/aromatic N) is 9. The molecule has 0 unspecified atom stereocenters. The topological polar surface area (TPSA) is 290 Å². The molecule has 3 amide bonds. The highest BCUT2D eigenvalue weighted by molar-refractivity contribution is 9.10. The van der Waals surface area contributed by atoms with Gasteiger partial charge in [-0.25, -0.2) is 19.4 Å². The minimum Gasteiger partial charge on any atom is -0.444 e. The Bertz CT molecular complexity index is 5150. The number of benzene rings is 4. The van der Waals surface area contributed by atoms with Crippen molar-refractivity contribution in [3.8, 4) is 0 Å². The summed E-state index contributed by atoms with van der Waals surface area (Å²) in [5.74, 6) is 1.71. The van der Waals surface area contributed by atoms with Gasteiger partial charge in [-0.1, -0.05) is 98.7 Å². The van der Waals surface area contributed by atoms with Crippen molar-refractivity contribution < 1.29 is 43.7 Å². The van der Waals surface area contributed by atoms with Gasteiger partial charge in [-0.3, -0.25) is 19.2 Å². The summed E-state index contributed by atoms with van der Waals surface area (Å²) in [5.41, 5.74) is 1.40. The molecule has 16 rings (SSSR count). The molecule has 5 N–H and O–H groups in total. The molecule has 608 valence electrons. The molecule has 4 atom stereocenters. The molecule has 4 aromatic carbocycles. The summed E-state index contributed by atoms with van der Waals surface area (Å²) < 4.78 is 23.6. The monoisotopic (exact) mass is 1730 g/mol. The number of piperidine rings is 4. The van der Waals surface area contributed by atoms with Crippen LogP contribution in [0.5, 0.6) is 0 Å². The lowest BCUT2D eigenvalue weighted by molar-refractivity contribution is 0.00384. The zero-order valence-corrected chi connectivity index (χ0v) is 70.9. The summed E-state index contributed by atoms with van der Waals surface area (Å²) in [6.07, 6.45) is 21.8. The SMILES string of the molecule is CC(C)(C)OC(=O)N1CCC[C@@H](n2ccc3cc(Br)ccc3c2=O)C1.CC(C)(C)OC(=O)N1CCC[C@@H](n2ccc3cc(C4CC4)ccc3c2=O)C1.CC(C)(C)OC(=O)N1CCC[C@H](O)C1.O=c1[nH]ccc2cc(Br)ccc12.O=c1c2ccc(C3CC3)cc2ccn1[C@@H]1CCCNC1.OB(O)C1CC1.[C-]#[N+]c1ncc(Cl)nc1Cl. The van der Waals surface area contributed by atoms with Gasteiger partial charge in [0, 0.05) is 107 Å².